The highest BCUT2D eigenvalue weighted by Gasteiger charge is 2.14. The molecule has 1 aliphatic heterocycles. The molecule has 2 radical (unpaired) electrons. The highest BCUT2D eigenvalue weighted by Crippen LogP contribution is 2.35. The van der Waals surface area contributed by atoms with E-state index in [1.165, 1.54) is 11.1 Å². The maximum atomic E-state index is 3.17. The van der Waals surface area contributed by atoms with Gasteiger partial charge in [-0.3, -0.25) is 0 Å². The van der Waals surface area contributed by atoms with Gasteiger partial charge < -0.3 is 5.32 Å². The molecule has 2 aromatic carbocycles. The average molecular weight is 179 g/mol. The summed E-state index contributed by atoms with van der Waals surface area (Å²) in [6, 6.07) is 16.6. The predicted molar refractivity (Wildman–Crippen MR) is 57.8 cm³/mol. The molecule has 0 fully saturated rings. The molecule has 0 saturated heterocycles. The minimum Gasteiger partial charge on any atom is -0.370 e. The van der Waals surface area contributed by atoms with Crippen molar-refractivity contribution >= 4 is 5.69 Å². The molecule has 3 rings (SSSR count). The molecule has 0 spiro atoms. The van der Waals surface area contributed by atoms with E-state index in [0.29, 0.717) is 0 Å². The van der Waals surface area contributed by atoms with Gasteiger partial charge in [0.15, 0.2) is 0 Å². The number of rotatable bonds is 0. The Hall–Kier alpha value is -1.76. The first kappa shape index (κ1) is 7.63. The summed E-state index contributed by atoms with van der Waals surface area (Å²) in [5.41, 5.74) is 4.76. The van der Waals surface area contributed by atoms with E-state index in [1.54, 1.807) is 0 Å². The second kappa shape index (κ2) is 2.88. The predicted octanol–water partition coefficient (Wildman–Crippen LogP) is 3.17. The maximum Gasteiger partial charge on any atom is 0.124 e. The molecular weight excluding hydrogens is 170 g/mol. The number of para-hydroxylation sites is 1. The Bertz CT molecular complexity index is 429. The molecule has 0 saturated carbocycles. The molecule has 0 bridgehead atoms. The summed E-state index contributed by atoms with van der Waals surface area (Å²) < 4.78 is 0. The fourth-order valence-electron chi connectivity index (χ4n) is 1.79. The van der Waals surface area contributed by atoms with Gasteiger partial charge in [-0.2, -0.15) is 0 Å². The van der Waals surface area contributed by atoms with Crippen molar-refractivity contribution in [1.82, 2.24) is 0 Å². The van der Waals surface area contributed by atoms with Crippen molar-refractivity contribution in [2.75, 3.05) is 5.32 Å². The summed E-state index contributed by atoms with van der Waals surface area (Å²) in [4.78, 5) is 0. The molecule has 0 aromatic heterocycles. The first-order chi connectivity index (χ1) is 6.95. The zero-order valence-electron chi connectivity index (χ0n) is 7.62. The van der Waals surface area contributed by atoms with Crippen LogP contribution >= 0.6 is 0 Å². The zero-order valence-corrected chi connectivity index (χ0v) is 7.62. The first-order valence-corrected chi connectivity index (χ1v) is 4.65. The van der Waals surface area contributed by atoms with Gasteiger partial charge in [0, 0.05) is 11.3 Å². The average Bonchev–Trinajstić information content (AvgIpc) is 2.29. The van der Waals surface area contributed by atoms with Crippen molar-refractivity contribution < 1.29 is 0 Å². The van der Waals surface area contributed by atoms with Crippen LogP contribution in [0.3, 0.4) is 0 Å². The number of anilines is 1. The van der Waals surface area contributed by atoms with Gasteiger partial charge in [0.25, 0.3) is 0 Å². The zero-order chi connectivity index (χ0) is 9.38. The normalized spacial score (nSPS) is 12.6. The van der Waals surface area contributed by atoms with Crippen LogP contribution < -0.4 is 5.32 Å². The van der Waals surface area contributed by atoms with Crippen LogP contribution in [0.1, 0.15) is 5.56 Å². The monoisotopic (exact) mass is 179 g/mol. The van der Waals surface area contributed by atoms with Crippen LogP contribution in [0.2, 0.25) is 0 Å². The molecule has 0 amide bonds. The highest BCUT2D eigenvalue weighted by atomic mass is 14.9. The van der Waals surface area contributed by atoms with Gasteiger partial charge >= 0.3 is 0 Å². The maximum absolute atomic E-state index is 3.17. The third kappa shape index (κ3) is 1.02. The lowest BCUT2D eigenvalue weighted by Crippen LogP contribution is -2.05. The van der Waals surface area contributed by atoms with Crippen LogP contribution in [-0.2, 0) is 0 Å². The van der Waals surface area contributed by atoms with E-state index in [0.717, 1.165) is 11.3 Å². The van der Waals surface area contributed by atoms with Gasteiger partial charge in [0.05, 0.1) is 0 Å². The van der Waals surface area contributed by atoms with Gasteiger partial charge in [-0.15, -0.1) is 0 Å². The summed E-state index contributed by atoms with van der Waals surface area (Å²) in [6.07, 6.45) is 0. The fraction of sp³-hybridized carbons (Fsp3) is 0. The van der Waals surface area contributed by atoms with E-state index in [1.807, 2.05) is 12.1 Å². The molecule has 0 aliphatic carbocycles. The minimum absolute atomic E-state index is 1.13. The van der Waals surface area contributed by atoms with Gasteiger partial charge in [-0.1, -0.05) is 42.5 Å². The van der Waals surface area contributed by atoms with Crippen LogP contribution in [0.4, 0.5) is 5.69 Å². The van der Waals surface area contributed by atoms with Gasteiger partial charge in [-0.05, 0) is 17.2 Å². The quantitative estimate of drug-likeness (QED) is 0.655. The second-order valence-electron chi connectivity index (χ2n) is 3.34. The van der Waals surface area contributed by atoms with E-state index in [9.17, 15) is 0 Å². The Balaban J connectivity index is 2.29. The number of hydrogen-bond donors (Lipinski definition) is 1. The van der Waals surface area contributed by atoms with E-state index in [-0.39, 0.29) is 0 Å². The van der Waals surface area contributed by atoms with E-state index in [4.69, 9.17) is 0 Å². The Morgan fingerprint density at radius 3 is 2.43 bits per heavy atom. The largest absolute Gasteiger partial charge is 0.370 e. The van der Waals surface area contributed by atoms with E-state index < -0.39 is 0 Å². The molecular formula is C13H9N. The summed E-state index contributed by atoms with van der Waals surface area (Å²) >= 11 is 0. The number of fused-ring (bicyclic) bond motifs is 3. The molecule has 0 unspecified atom stereocenters. The molecule has 1 aliphatic rings. The molecule has 1 heteroatoms. The van der Waals surface area contributed by atoms with Crippen molar-refractivity contribution in [3.05, 3.63) is 60.6 Å². The van der Waals surface area contributed by atoms with E-state index >= 15 is 0 Å². The standard InChI is InChI=1S/C13H9N/c1-2-6-11-10(5-1)9-14-13-8-4-3-7-12(11)13/h1-8,14H. The lowest BCUT2D eigenvalue weighted by Gasteiger charge is -2.19. The lowest BCUT2D eigenvalue weighted by atomic mass is 9.95. The third-order valence-corrected chi connectivity index (χ3v) is 2.48. The van der Waals surface area contributed by atoms with Crippen molar-refractivity contribution in [3.8, 4) is 11.1 Å². The lowest BCUT2D eigenvalue weighted by molar-refractivity contribution is 1.36. The van der Waals surface area contributed by atoms with Gasteiger partial charge in [0.1, 0.15) is 6.54 Å². The molecule has 0 atom stereocenters. The molecule has 14 heavy (non-hydrogen) atoms. The van der Waals surface area contributed by atoms with Crippen molar-refractivity contribution in [2.45, 2.75) is 0 Å². The SMILES string of the molecule is [C]1Nc2ccccc2-c2ccccc21. The first-order valence-electron chi connectivity index (χ1n) is 4.65. The molecule has 1 N–H and O–H groups in total. The summed E-state index contributed by atoms with van der Waals surface area (Å²) in [5, 5.41) is 3.17. The fourth-order valence-corrected chi connectivity index (χ4v) is 1.79. The van der Waals surface area contributed by atoms with Crippen molar-refractivity contribution in [1.29, 1.82) is 0 Å². The third-order valence-electron chi connectivity index (χ3n) is 2.48. The number of hydrogen-bond acceptors (Lipinski definition) is 1. The summed E-state index contributed by atoms with van der Waals surface area (Å²) in [6.45, 7) is 3.17. The minimum atomic E-state index is 1.13. The molecule has 2 aromatic rings. The topological polar surface area (TPSA) is 12.0 Å². The van der Waals surface area contributed by atoms with Crippen LogP contribution in [0.15, 0.2) is 48.5 Å². The second-order valence-corrected chi connectivity index (χ2v) is 3.34. The number of nitrogens with one attached hydrogen (secondary N) is 1. The summed E-state index contributed by atoms with van der Waals surface area (Å²) in [5.74, 6) is 0. The van der Waals surface area contributed by atoms with Crippen LogP contribution in [0.25, 0.3) is 11.1 Å². The number of benzene rings is 2. The highest BCUT2D eigenvalue weighted by molar-refractivity contribution is 5.84. The van der Waals surface area contributed by atoms with Gasteiger partial charge in [0.2, 0.25) is 0 Å². The Morgan fingerprint density at radius 2 is 1.50 bits per heavy atom. The molecule has 1 nitrogen and oxygen atoms in total. The molecule has 1 heterocycles. The Kier molecular flexibility index (Phi) is 1.57. The smallest absolute Gasteiger partial charge is 0.124 e. The van der Waals surface area contributed by atoms with Crippen molar-refractivity contribution in [2.24, 2.45) is 0 Å². The Morgan fingerprint density at radius 1 is 0.786 bits per heavy atom. The van der Waals surface area contributed by atoms with Gasteiger partial charge in [-0.25, -0.2) is 0 Å². The van der Waals surface area contributed by atoms with E-state index in [2.05, 4.69) is 48.3 Å². The Labute approximate surface area is 83.4 Å². The van der Waals surface area contributed by atoms with Crippen LogP contribution in [0, 0.1) is 6.54 Å². The van der Waals surface area contributed by atoms with Crippen LogP contribution in [0.5, 0.6) is 0 Å². The molecule has 66 valence electrons. The van der Waals surface area contributed by atoms with Crippen LogP contribution in [-0.4, -0.2) is 0 Å². The summed E-state index contributed by atoms with van der Waals surface area (Å²) in [7, 11) is 0. The van der Waals surface area contributed by atoms with Crippen molar-refractivity contribution in [3.63, 3.8) is 0 Å².